The molecule has 6 heteroatoms. The lowest BCUT2D eigenvalue weighted by molar-refractivity contribution is -0.136. The molecule has 1 aromatic rings. The van der Waals surface area contributed by atoms with E-state index in [1.165, 1.54) is 32.1 Å². The first kappa shape index (κ1) is 25.2. The van der Waals surface area contributed by atoms with Crippen LogP contribution in [-0.4, -0.2) is 39.1 Å². The fourth-order valence-electron chi connectivity index (χ4n) is 3.22. The van der Waals surface area contributed by atoms with E-state index >= 15 is 0 Å². The molecule has 0 radical (unpaired) electrons. The summed E-state index contributed by atoms with van der Waals surface area (Å²) in [4.78, 5) is 26.9. The van der Waals surface area contributed by atoms with Crippen LogP contribution in [0.1, 0.15) is 98.6 Å². The Labute approximate surface area is 177 Å². The number of nitrogens with zero attached hydrogens (tertiary/aromatic N) is 3. The Bertz CT molecular complexity index is 644. The predicted molar refractivity (Wildman–Crippen MR) is 120 cm³/mol. The van der Waals surface area contributed by atoms with Gasteiger partial charge in [0.2, 0.25) is 11.8 Å². The van der Waals surface area contributed by atoms with Crippen molar-refractivity contribution in [3.8, 4) is 0 Å². The van der Waals surface area contributed by atoms with Crippen molar-refractivity contribution >= 4 is 17.6 Å². The fraction of sp³-hybridized carbons (Fsp3) is 0.783. The van der Waals surface area contributed by atoms with Crippen molar-refractivity contribution in [3.63, 3.8) is 0 Å². The predicted octanol–water partition coefficient (Wildman–Crippen LogP) is 5.03. The van der Waals surface area contributed by atoms with Gasteiger partial charge >= 0.3 is 0 Å². The van der Waals surface area contributed by atoms with E-state index < -0.39 is 0 Å². The number of aryl methyl sites for hydroxylation is 1. The molecule has 1 rings (SSSR count). The van der Waals surface area contributed by atoms with Crippen LogP contribution in [0.5, 0.6) is 0 Å². The first-order valence-electron chi connectivity index (χ1n) is 11.2. The molecule has 0 aromatic carbocycles. The number of carbonyl (C=O) groups is 2. The fourth-order valence-corrected chi connectivity index (χ4v) is 3.22. The van der Waals surface area contributed by atoms with E-state index in [9.17, 15) is 9.59 Å². The molecule has 0 bridgehead atoms. The lowest BCUT2D eigenvalue weighted by atomic mass is 9.92. The third-order valence-corrected chi connectivity index (χ3v) is 5.17. The molecule has 6 nitrogen and oxygen atoms in total. The van der Waals surface area contributed by atoms with Gasteiger partial charge in [0.25, 0.3) is 0 Å². The second-order valence-electron chi connectivity index (χ2n) is 9.32. The molecule has 0 atom stereocenters. The molecule has 0 aliphatic heterocycles. The molecule has 1 N–H and O–H groups in total. The number of anilines is 1. The average Bonchev–Trinajstić information content (AvgIpc) is 2.99. The minimum absolute atomic E-state index is 0.00511. The minimum atomic E-state index is -0.185. The maximum atomic E-state index is 12.6. The zero-order valence-corrected chi connectivity index (χ0v) is 19.7. The van der Waals surface area contributed by atoms with Crippen LogP contribution in [0.15, 0.2) is 6.07 Å². The van der Waals surface area contributed by atoms with Crippen LogP contribution < -0.4 is 5.32 Å². The van der Waals surface area contributed by atoms with Gasteiger partial charge in [0.15, 0.2) is 0 Å². The van der Waals surface area contributed by atoms with E-state index in [0.717, 1.165) is 18.5 Å². The smallest absolute Gasteiger partial charge is 0.245 e. The van der Waals surface area contributed by atoms with E-state index in [2.05, 4.69) is 38.1 Å². The lowest BCUT2D eigenvalue weighted by Crippen LogP contribution is -2.42. The number of aromatic nitrogens is 2. The normalized spacial score (nSPS) is 11.7. The highest BCUT2D eigenvalue weighted by Gasteiger charge is 2.22. The van der Waals surface area contributed by atoms with E-state index in [0.29, 0.717) is 12.2 Å². The van der Waals surface area contributed by atoms with Crippen molar-refractivity contribution in [1.29, 1.82) is 0 Å². The van der Waals surface area contributed by atoms with Crippen molar-refractivity contribution < 1.29 is 9.59 Å². The second-order valence-corrected chi connectivity index (χ2v) is 9.32. The summed E-state index contributed by atoms with van der Waals surface area (Å²) in [6.45, 7) is 12.5. The van der Waals surface area contributed by atoms with Gasteiger partial charge in [-0.2, -0.15) is 5.10 Å². The number of rotatable bonds is 12. The van der Waals surface area contributed by atoms with Crippen molar-refractivity contribution in [3.05, 3.63) is 11.8 Å². The minimum Gasteiger partial charge on any atom is -0.331 e. The third-order valence-electron chi connectivity index (χ3n) is 5.17. The van der Waals surface area contributed by atoms with Gasteiger partial charge in [0.1, 0.15) is 12.4 Å². The molecule has 29 heavy (non-hydrogen) atoms. The molecule has 0 aliphatic carbocycles. The van der Waals surface area contributed by atoms with E-state index in [1.54, 1.807) is 9.58 Å². The van der Waals surface area contributed by atoms with Crippen molar-refractivity contribution in [2.24, 2.45) is 7.05 Å². The molecular formula is C23H42N4O2. The van der Waals surface area contributed by atoms with Crippen LogP contribution in [0.4, 0.5) is 5.82 Å². The van der Waals surface area contributed by atoms with Crippen LogP contribution in [-0.2, 0) is 22.1 Å². The molecule has 166 valence electrons. The standard InChI is InChI=1S/C23H42N4O2/c1-8-9-10-11-12-13-14-15-22(29)27(18(2)3)17-21(28)24-20-16-19(23(4,5)6)25-26(20)7/h16,18H,8-15,17H2,1-7H3,(H,24,28). The van der Waals surface area contributed by atoms with Crippen LogP contribution in [0, 0.1) is 0 Å². The molecule has 0 saturated heterocycles. The Hall–Kier alpha value is -1.85. The second kappa shape index (κ2) is 12.0. The van der Waals surface area contributed by atoms with Gasteiger partial charge in [0, 0.05) is 31.0 Å². The molecule has 0 spiro atoms. The van der Waals surface area contributed by atoms with Gasteiger partial charge in [-0.25, -0.2) is 0 Å². The van der Waals surface area contributed by atoms with Crippen molar-refractivity contribution in [2.45, 2.75) is 104 Å². The molecule has 0 unspecified atom stereocenters. The molecule has 0 aliphatic rings. The molecule has 0 fully saturated rings. The number of hydrogen-bond donors (Lipinski definition) is 1. The van der Waals surface area contributed by atoms with Gasteiger partial charge in [-0.15, -0.1) is 0 Å². The summed E-state index contributed by atoms with van der Waals surface area (Å²) in [5, 5.41) is 7.39. The summed E-state index contributed by atoms with van der Waals surface area (Å²) in [5.74, 6) is 0.530. The van der Waals surface area contributed by atoms with Gasteiger partial charge in [0.05, 0.1) is 5.69 Å². The number of nitrogens with one attached hydrogen (secondary N) is 1. The summed E-state index contributed by atoms with van der Waals surface area (Å²) < 4.78 is 1.68. The first-order valence-corrected chi connectivity index (χ1v) is 11.2. The molecule has 1 aromatic heterocycles. The maximum absolute atomic E-state index is 12.6. The van der Waals surface area contributed by atoms with Crippen molar-refractivity contribution in [2.75, 3.05) is 11.9 Å². The number of hydrogen-bond acceptors (Lipinski definition) is 3. The quantitative estimate of drug-likeness (QED) is 0.495. The summed E-state index contributed by atoms with van der Waals surface area (Å²) in [6.07, 6.45) is 8.76. The van der Waals surface area contributed by atoms with E-state index in [-0.39, 0.29) is 29.8 Å². The molecule has 1 heterocycles. The summed E-state index contributed by atoms with van der Waals surface area (Å²) >= 11 is 0. The summed E-state index contributed by atoms with van der Waals surface area (Å²) in [7, 11) is 1.82. The monoisotopic (exact) mass is 406 g/mol. The average molecular weight is 407 g/mol. The Morgan fingerprint density at radius 1 is 1.10 bits per heavy atom. The highest BCUT2D eigenvalue weighted by atomic mass is 16.2. The zero-order valence-electron chi connectivity index (χ0n) is 19.7. The summed E-state index contributed by atoms with van der Waals surface area (Å²) in [6, 6.07) is 1.90. The van der Waals surface area contributed by atoms with Crippen LogP contribution in [0.2, 0.25) is 0 Å². The Kier molecular flexibility index (Phi) is 10.4. The Morgan fingerprint density at radius 3 is 2.21 bits per heavy atom. The molecule has 0 saturated carbocycles. The molecule has 2 amide bonds. The van der Waals surface area contributed by atoms with E-state index in [1.807, 2.05) is 27.0 Å². The van der Waals surface area contributed by atoms with Crippen LogP contribution >= 0.6 is 0 Å². The zero-order chi connectivity index (χ0) is 22.0. The SMILES string of the molecule is CCCCCCCCCC(=O)N(CC(=O)Nc1cc(C(C)(C)C)nn1C)C(C)C. The summed E-state index contributed by atoms with van der Waals surface area (Å²) in [5.41, 5.74) is 0.836. The maximum Gasteiger partial charge on any atom is 0.245 e. The van der Waals surface area contributed by atoms with Gasteiger partial charge in [-0.1, -0.05) is 66.2 Å². The lowest BCUT2D eigenvalue weighted by Gasteiger charge is -2.26. The van der Waals surface area contributed by atoms with Gasteiger partial charge in [-0.05, 0) is 20.3 Å². The number of unbranched alkanes of at least 4 members (excludes halogenated alkanes) is 6. The van der Waals surface area contributed by atoms with Gasteiger partial charge < -0.3 is 10.2 Å². The third kappa shape index (κ3) is 9.01. The first-order chi connectivity index (χ1) is 13.6. The highest BCUT2D eigenvalue weighted by molar-refractivity contribution is 5.94. The van der Waals surface area contributed by atoms with Crippen LogP contribution in [0.25, 0.3) is 0 Å². The largest absolute Gasteiger partial charge is 0.331 e. The van der Waals surface area contributed by atoms with E-state index in [4.69, 9.17) is 0 Å². The number of amides is 2. The topological polar surface area (TPSA) is 67.2 Å². The van der Waals surface area contributed by atoms with Gasteiger partial charge in [-0.3, -0.25) is 14.3 Å². The molecular weight excluding hydrogens is 364 g/mol. The Balaban J connectivity index is 2.53. The van der Waals surface area contributed by atoms with Crippen LogP contribution in [0.3, 0.4) is 0 Å². The highest BCUT2D eigenvalue weighted by Crippen LogP contribution is 2.23. The Morgan fingerprint density at radius 2 is 1.69 bits per heavy atom. The van der Waals surface area contributed by atoms with Crippen molar-refractivity contribution in [1.82, 2.24) is 14.7 Å². The number of carbonyl (C=O) groups excluding carboxylic acids is 2.